The molecule has 2 aliphatic heterocycles. The number of rotatable bonds is 7. The number of anilines is 1. The molecule has 5 nitrogen and oxygen atoms in total. The van der Waals surface area contributed by atoms with E-state index in [9.17, 15) is 8.42 Å². The van der Waals surface area contributed by atoms with Crippen molar-refractivity contribution in [2.75, 3.05) is 30.8 Å². The fourth-order valence-corrected chi connectivity index (χ4v) is 5.80. The highest BCUT2D eigenvalue weighted by Gasteiger charge is 2.29. The summed E-state index contributed by atoms with van der Waals surface area (Å²) < 4.78 is 40.6. The number of likely N-dealkylation sites (tertiary alicyclic amines) is 1. The van der Waals surface area contributed by atoms with Gasteiger partial charge in [0.25, 0.3) is 0 Å². The molecule has 1 atom stereocenters. The molecule has 7 heteroatoms. The summed E-state index contributed by atoms with van der Waals surface area (Å²) in [6.45, 7) is 4.42. The first kappa shape index (κ1) is 21.7. The zero-order chi connectivity index (χ0) is 22.0. The molecule has 0 unspecified atom stereocenters. The van der Waals surface area contributed by atoms with Crippen LogP contribution in [-0.4, -0.2) is 51.5 Å². The number of hydrogen-bond donors (Lipinski definition) is 0. The molecule has 1 saturated heterocycles. The van der Waals surface area contributed by atoms with E-state index in [2.05, 4.69) is 26.9 Å². The van der Waals surface area contributed by atoms with Crippen LogP contribution in [0, 0.1) is 12.7 Å². The van der Waals surface area contributed by atoms with Crippen molar-refractivity contribution in [3.63, 3.8) is 0 Å². The van der Waals surface area contributed by atoms with Gasteiger partial charge in [0.05, 0.1) is 11.4 Å². The highest BCUT2D eigenvalue weighted by atomic mass is 32.2. The zero-order valence-corrected chi connectivity index (χ0v) is 18.8. The van der Waals surface area contributed by atoms with Crippen molar-refractivity contribution in [1.82, 2.24) is 4.90 Å². The fraction of sp³-hybridized carbons (Fsp3) is 0.375. The molecule has 0 aliphatic carbocycles. The Morgan fingerprint density at radius 1 is 1.19 bits per heavy atom. The molecule has 0 N–H and O–H groups in total. The summed E-state index contributed by atoms with van der Waals surface area (Å²) in [5.41, 5.74) is 2.86. The number of hydrogen-bond acceptors (Lipinski definition) is 5. The molecule has 0 bridgehead atoms. The maximum atomic E-state index is 15.2. The van der Waals surface area contributed by atoms with Gasteiger partial charge in [0, 0.05) is 56.6 Å². The number of halogens is 1. The molecule has 2 aromatic carbocycles. The SMILES string of the molecule is Cc1c(N(C)[C@H]2CCN(Cc3ccccc3)C2)ccc(S(=O)(=O)CC2=CCC=N2)c1F. The molecule has 164 valence electrons. The molecule has 2 heterocycles. The highest BCUT2D eigenvalue weighted by Crippen LogP contribution is 2.31. The number of sulfone groups is 1. The maximum absolute atomic E-state index is 15.2. The number of benzene rings is 2. The van der Waals surface area contributed by atoms with Crippen LogP contribution in [0.4, 0.5) is 10.1 Å². The van der Waals surface area contributed by atoms with Gasteiger partial charge in [-0.05, 0) is 31.0 Å². The molecule has 0 radical (unpaired) electrons. The minimum absolute atomic E-state index is 0.248. The van der Waals surface area contributed by atoms with Gasteiger partial charge in [-0.15, -0.1) is 0 Å². The van der Waals surface area contributed by atoms with Crippen LogP contribution in [0.5, 0.6) is 0 Å². The van der Waals surface area contributed by atoms with E-state index >= 15 is 4.39 Å². The Balaban J connectivity index is 1.48. The lowest BCUT2D eigenvalue weighted by molar-refractivity contribution is 0.326. The lowest BCUT2D eigenvalue weighted by Crippen LogP contribution is -2.35. The van der Waals surface area contributed by atoms with Gasteiger partial charge < -0.3 is 4.90 Å². The normalized spacial score (nSPS) is 19.1. The quantitative estimate of drug-likeness (QED) is 0.652. The Labute approximate surface area is 183 Å². The minimum Gasteiger partial charge on any atom is -0.370 e. The van der Waals surface area contributed by atoms with E-state index in [1.165, 1.54) is 11.6 Å². The summed E-state index contributed by atoms with van der Waals surface area (Å²) in [7, 11) is -1.82. The van der Waals surface area contributed by atoms with Gasteiger partial charge in [0.1, 0.15) is 10.7 Å². The molecule has 4 rings (SSSR count). The van der Waals surface area contributed by atoms with Crippen LogP contribution < -0.4 is 4.90 Å². The van der Waals surface area contributed by atoms with Crippen LogP contribution >= 0.6 is 0 Å². The van der Waals surface area contributed by atoms with E-state index < -0.39 is 15.7 Å². The molecule has 2 aromatic rings. The number of likely N-dealkylation sites (N-methyl/N-ethyl adjacent to an activating group) is 1. The first-order chi connectivity index (χ1) is 14.8. The Kier molecular flexibility index (Phi) is 6.25. The van der Waals surface area contributed by atoms with Crippen LogP contribution in [0.25, 0.3) is 0 Å². The van der Waals surface area contributed by atoms with Gasteiger partial charge in [0.2, 0.25) is 0 Å². The summed E-state index contributed by atoms with van der Waals surface area (Å²) in [5, 5.41) is 0. The molecular formula is C24H28FN3O2S. The van der Waals surface area contributed by atoms with Gasteiger partial charge in [-0.25, -0.2) is 12.8 Å². The number of allylic oxidation sites excluding steroid dienone is 1. The first-order valence-corrected chi connectivity index (χ1v) is 12.2. The van der Waals surface area contributed by atoms with Crippen molar-refractivity contribution < 1.29 is 12.8 Å². The number of aliphatic imine (C=N–C) groups is 1. The van der Waals surface area contributed by atoms with Gasteiger partial charge >= 0.3 is 0 Å². The lowest BCUT2D eigenvalue weighted by Gasteiger charge is -2.29. The molecule has 0 saturated carbocycles. The minimum atomic E-state index is -3.79. The predicted molar refractivity (Wildman–Crippen MR) is 123 cm³/mol. The summed E-state index contributed by atoms with van der Waals surface area (Å²) in [5.74, 6) is -0.933. The zero-order valence-electron chi connectivity index (χ0n) is 18.0. The monoisotopic (exact) mass is 441 g/mol. The van der Waals surface area contributed by atoms with Gasteiger partial charge in [0.15, 0.2) is 9.84 Å². The molecule has 0 amide bonds. The summed E-state index contributed by atoms with van der Waals surface area (Å²) in [6, 6.07) is 13.8. The second kappa shape index (κ2) is 8.93. The molecule has 0 spiro atoms. The van der Waals surface area contributed by atoms with E-state index in [-0.39, 0.29) is 16.7 Å². The summed E-state index contributed by atoms with van der Waals surface area (Å²) in [6.07, 6.45) is 5.02. The van der Waals surface area contributed by atoms with Crippen molar-refractivity contribution in [2.24, 2.45) is 4.99 Å². The predicted octanol–water partition coefficient (Wildman–Crippen LogP) is 3.98. The van der Waals surface area contributed by atoms with Crippen LogP contribution in [-0.2, 0) is 16.4 Å². The standard InChI is InChI=1S/C24H28FN3O2S/c1-18-22(10-11-23(24(18)25)31(29,30)17-20-9-6-13-26-20)27(2)21-12-14-28(16-21)15-19-7-4-3-5-8-19/h3-5,7-11,13,21H,6,12,14-17H2,1-2H3/t21-/m0/s1. The summed E-state index contributed by atoms with van der Waals surface area (Å²) >= 11 is 0. The second-order valence-corrected chi connectivity index (χ2v) is 10.3. The smallest absolute Gasteiger partial charge is 0.186 e. The molecule has 2 aliphatic rings. The lowest BCUT2D eigenvalue weighted by atomic mass is 10.1. The van der Waals surface area contributed by atoms with Crippen LogP contribution in [0.1, 0.15) is 24.0 Å². The number of nitrogens with zero attached hydrogens (tertiary/aromatic N) is 3. The highest BCUT2D eigenvalue weighted by molar-refractivity contribution is 7.91. The maximum Gasteiger partial charge on any atom is 0.186 e. The van der Waals surface area contributed by atoms with Gasteiger partial charge in [-0.3, -0.25) is 9.89 Å². The Morgan fingerprint density at radius 3 is 2.68 bits per heavy atom. The third kappa shape index (κ3) is 4.72. The molecule has 31 heavy (non-hydrogen) atoms. The third-order valence-corrected chi connectivity index (χ3v) is 7.80. The van der Waals surface area contributed by atoms with Crippen molar-refractivity contribution in [3.8, 4) is 0 Å². The van der Waals surface area contributed by atoms with E-state index in [1.807, 2.05) is 25.2 Å². The van der Waals surface area contributed by atoms with E-state index in [1.54, 1.807) is 25.3 Å². The largest absolute Gasteiger partial charge is 0.370 e. The molecule has 0 aromatic heterocycles. The Bertz CT molecular complexity index is 1110. The Morgan fingerprint density at radius 2 is 1.97 bits per heavy atom. The topological polar surface area (TPSA) is 53.0 Å². The third-order valence-electron chi connectivity index (χ3n) is 6.14. The van der Waals surface area contributed by atoms with Crippen molar-refractivity contribution in [3.05, 3.63) is 71.2 Å². The second-order valence-electron chi connectivity index (χ2n) is 8.30. The van der Waals surface area contributed by atoms with E-state index in [0.717, 1.165) is 31.7 Å². The summed E-state index contributed by atoms with van der Waals surface area (Å²) in [4.78, 5) is 8.29. The van der Waals surface area contributed by atoms with Gasteiger partial charge in [-0.2, -0.15) is 0 Å². The van der Waals surface area contributed by atoms with E-state index in [0.29, 0.717) is 17.7 Å². The molecular weight excluding hydrogens is 413 g/mol. The van der Waals surface area contributed by atoms with Crippen LogP contribution in [0.2, 0.25) is 0 Å². The van der Waals surface area contributed by atoms with Crippen LogP contribution in [0.3, 0.4) is 0 Å². The van der Waals surface area contributed by atoms with Crippen molar-refractivity contribution in [1.29, 1.82) is 0 Å². The van der Waals surface area contributed by atoms with E-state index in [4.69, 9.17) is 0 Å². The average molecular weight is 442 g/mol. The Hall–Kier alpha value is -2.51. The van der Waals surface area contributed by atoms with Crippen molar-refractivity contribution >= 4 is 21.7 Å². The van der Waals surface area contributed by atoms with Crippen LogP contribution in [0.15, 0.2) is 64.1 Å². The van der Waals surface area contributed by atoms with Gasteiger partial charge in [-0.1, -0.05) is 36.4 Å². The first-order valence-electron chi connectivity index (χ1n) is 10.6. The average Bonchev–Trinajstić information content (AvgIpc) is 3.42. The molecule has 1 fully saturated rings. The van der Waals surface area contributed by atoms with Crippen molar-refractivity contribution in [2.45, 2.75) is 37.2 Å². The fourth-order valence-electron chi connectivity index (χ4n) is 4.36.